The number of rotatable bonds is 9. The molecule has 1 heterocycles. The summed E-state index contributed by atoms with van der Waals surface area (Å²) in [5.41, 5.74) is 0.840. The Bertz CT molecular complexity index is 970. The third-order valence-corrected chi connectivity index (χ3v) is 5.61. The second-order valence-corrected chi connectivity index (χ2v) is 8.12. The SMILES string of the molecule is CCNC(=NCCNS(=O)(=O)c1cccc([N+](=O)[O-])c1)N(C)Cc1cccn1C. The van der Waals surface area contributed by atoms with Gasteiger partial charge in [0.1, 0.15) is 0 Å². The summed E-state index contributed by atoms with van der Waals surface area (Å²) < 4.78 is 29.1. The minimum absolute atomic E-state index is 0.0674. The van der Waals surface area contributed by atoms with Gasteiger partial charge < -0.3 is 14.8 Å². The average Bonchev–Trinajstić information content (AvgIpc) is 3.08. The molecule has 0 bridgehead atoms. The number of guanidine groups is 1. The van der Waals surface area contributed by atoms with Crippen molar-refractivity contribution in [3.05, 3.63) is 58.4 Å². The quantitative estimate of drug-likeness (QED) is 0.207. The molecule has 29 heavy (non-hydrogen) atoms. The summed E-state index contributed by atoms with van der Waals surface area (Å²) in [7, 11) is 0.0183. The Labute approximate surface area is 170 Å². The Balaban J connectivity index is 1.99. The molecule has 1 aromatic carbocycles. The van der Waals surface area contributed by atoms with Crippen molar-refractivity contribution in [1.29, 1.82) is 0 Å². The van der Waals surface area contributed by atoms with E-state index in [0.29, 0.717) is 19.0 Å². The van der Waals surface area contributed by atoms with E-state index in [-0.39, 0.29) is 23.7 Å². The van der Waals surface area contributed by atoms with Gasteiger partial charge in [-0.3, -0.25) is 15.1 Å². The third-order valence-electron chi connectivity index (χ3n) is 4.15. The summed E-state index contributed by atoms with van der Waals surface area (Å²) in [6.45, 7) is 3.56. The van der Waals surface area contributed by atoms with Gasteiger partial charge in [0, 0.05) is 51.2 Å². The van der Waals surface area contributed by atoms with E-state index in [1.165, 1.54) is 18.2 Å². The number of aryl methyl sites for hydroxylation is 1. The van der Waals surface area contributed by atoms with Gasteiger partial charge in [-0.25, -0.2) is 13.1 Å². The summed E-state index contributed by atoms with van der Waals surface area (Å²) in [4.78, 5) is 16.5. The first-order chi connectivity index (χ1) is 13.7. The molecule has 11 heteroatoms. The summed E-state index contributed by atoms with van der Waals surface area (Å²) in [6.07, 6.45) is 1.97. The minimum atomic E-state index is -3.85. The molecule has 10 nitrogen and oxygen atoms in total. The van der Waals surface area contributed by atoms with Crippen molar-refractivity contribution in [2.24, 2.45) is 12.0 Å². The lowest BCUT2D eigenvalue weighted by Gasteiger charge is -2.22. The van der Waals surface area contributed by atoms with Crippen LogP contribution >= 0.6 is 0 Å². The van der Waals surface area contributed by atoms with E-state index in [2.05, 4.69) is 15.0 Å². The maximum Gasteiger partial charge on any atom is 0.270 e. The van der Waals surface area contributed by atoms with Crippen molar-refractivity contribution in [1.82, 2.24) is 19.5 Å². The van der Waals surface area contributed by atoms with Crippen LogP contribution in [0.1, 0.15) is 12.6 Å². The largest absolute Gasteiger partial charge is 0.357 e. The zero-order valence-electron chi connectivity index (χ0n) is 16.7. The molecule has 0 unspecified atom stereocenters. The second kappa shape index (κ2) is 10.0. The van der Waals surface area contributed by atoms with Crippen molar-refractivity contribution < 1.29 is 13.3 Å². The van der Waals surface area contributed by atoms with E-state index in [0.717, 1.165) is 11.8 Å². The number of nitrogens with zero attached hydrogens (tertiary/aromatic N) is 4. The maximum atomic E-state index is 12.3. The number of sulfonamides is 1. The molecule has 0 saturated carbocycles. The number of benzene rings is 1. The van der Waals surface area contributed by atoms with Crippen molar-refractivity contribution in [2.75, 3.05) is 26.7 Å². The van der Waals surface area contributed by atoms with Gasteiger partial charge in [0.2, 0.25) is 10.0 Å². The molecular formula is C18H26N6O4S. The van der Waals surface area contributed by atoms with Gasteiger partial charge in [-0.2, -0.15) is 0 Å². The van der Waals surface area contributed by atoms with E-state index >= 15 is 0 Å². The molecule has 0 fully saturated rings. The van der Waals surface area contributed by atoms with Crippen molar-refractivity contribution in [2.45, 2.75) is 18.4 Å². The lowest BCUT2D eigenvalue weighted by Crippen LogP contribution is -2.39. The Kier molecular flexibility index (Phi) is 7.74. The van der Waals surface area contributed by atoms with Crippen molar-refractivity contribution in [3.63, 3.8) is 0 Å². The molecular weight excluding hydrogens is 396 g/mol. The number of nitro benzene ring substituents is 1. The van der Waals surface area contributed by atoms with Crippen LogP contribution in [0.15, 0.2) is 52.5 Å². The number of non-ortho nitro benzene ring substituents is 1. The molecule has 0 spiro atoms. The molecule has 1 aromatic heterocycles. The Morgan fingerprint density at radius 3 is 2.69 bits per heavy atom. The molecule has 0 amide bonds. The third kappa shape index (κ3) is 6.29. The zero-order chi connectivity index (χ0) is 21.4. The fraction of sp³-hybridized carbons (Fsp3) is 0.389. The van der Waals surface area contributed by atoms with Crippen LogP contribution in [-0.4, -0.2) is 55.4 Å². The molecule has 2 N–H and O–H groups in total. The van der Waals surface area contributed by atoms with E-state index in [9.17, 15) is 18.5 Å². The van der Waals surface area contributed by atoms with Gasteiger partial charge in [0.05, 0.1) is 22.9 Å². The summed E-state index contributed by atoms with van der Waals surface area (Å²) in [6, 6.07) is 8.92. The smallest absolute Gasteiger partial charge is 0.270 e. The maximum absolute atomic E-state index is 12.3. The molecule has 158 valence electrons. The molecule has 0 radical (unpaired) electrons. The van der Waals surface area contributed by atoms with E-state index < -0.39 is 14.9 Å². The van der Waals surface area contributed by atoms with Crippen LogP contribution in [0.5, 0.6) is 0 Å². The van der Waals surface area contributed by atoms with Crippen LogP contribution in [0.4, 0.5) is 5.69 Å². The lowest BCUT2D eigenvalue weighted by atomic mass is 10.3. The predicted octanol–water partition coefficient (Wildman–Crippen LogP) is 1.31. The van der Waals surface area contributed by atoms with Crippen LogP contribution in [0, 0.1) is 10.1 Å². The zero-order valence-corrected chi connectivity index (χ0v) is 17.5. The average molecular weight is 423 g/mol. The first kappa shape index (κ1) is 22.4. The first-order valence-electron chi connectivity index (χ1n) is 9.08. The first-order valence-corrected chi connectivity index (χ1v) is 10.6. The highest BCUT2D eigenvalue weighted by Gasteiger charge is 2.17. The highest BCUT2D eigenvalue weighted by Crippen LogP contribution is 2.16. The van der Waals surface area contributed by atoms with Crippen LogP contribution in [0.2, 0.25) is 0 Å². The summed E-state index contributed by atoms with van der Waals surface area (Å²) >= 11 is 0. The monoisotopic (exact) mass is 422 g/mol. The lowest BCUT2D eigenvalue weighted by molar-refractivity contribution is -0.385. The molecule has 0 aliphatic heterocycles. The van der Waals surface area contributed by atoms with Crippen molar-refractivity contribution in [3.8, 4) is 0 Å². The number of nitro groups is 1. The van der Waals surface area contributed by atoms with Crippen LogP contribution in [0.25, 0.3) is 0 Å². The van der Waals surface area contributed by atoms with Gasteiger partial charge in [-0.15, -0.1) is 0 Å². The van der Waals surface area contributed by atoms with Gasteiger partial charge in [0.25, 0.3) is 5.69 Å². The predicted molar refractivity (Wildman–Crippen MR) is 111 cm³/mol. The summed E-state index contributed by atoms with van der Waals surface area (Å²) in [5, 5.41) is 14.0. The number of hydrogen-bond acceptors (Lipinski definition) is 5. The number of nitrogens with one attached hydrogen (secondary N) is 2. The second-order valence-electron chi connectivity index (χ2n) is 6.35. The van der Waals surface area contributed by atoms with E-state index in [1.54, 1.807) is 0 Å². The number of hydrogen-bond donors (Lipinski definition) is 2. The van der Waals surface area contributed by atoms with E-state index in [4.69, 9.17) is 0 Å². The summed E-state index contributed by atoms with van der Waals surface area (Å²) in [5.74, 6) is 0.656. The molecule has 2 rings (SSSR count). The molecule has 0 atom stereocenters. The normalized spacial score (nSPS) is 12.0. The minimum Gasteiger partial charge on any atom is -0.357 e. The highest BCUT2D eigenvalue weighted by atomic mass is 32.2. The Hall–Kier alpha value is -2.92. The molecule has 0 aliphatic carbocycles. The van der Waals surface area contributed by atoms with Crippen LogP contribution in [-0.2, 0) is 23.6 Å². The fourth-order valence-electron chi connectivity index (χ4n) is 2.64. The van der Waals surface area contributed by atoms with Gasteiger partial charge in [-0.05, 0) is 25.1 Å². The van der Waals surface area contributed by atoms with Crippen molar-refractivity contribution >= 4 is 21.7 Å². The van der Waals surface area contributed by atoms with Gasteiger partial charge in [-0.1, -0.05) is 6.07 Å². The number of aliphatic imine (C=N–C) groups is 1. The number of aromatic nitrogens is 1. The highest BCUT2D eigenvalue weighted by molar-refractivity contribution is 7.89. The molecule has 2 aromatic rings. The van der Waals surface area contributed by atoms with Gasteiger partial charge in [0.15, 0.2) is 5.96 Å². The molecule has 0 aliphatic rings. The Morgan fingerprint density at radius 2 is 2.07 bits per heavy atom. The van der Waals surface area contributed by atoms with E-state index in [1.807, 2.05) is 48.8 Å². The van der Waals surface area contributed by atoms with Crippen LogP contribution < -0.4 is 10.0 Å². The topological polar surface area (TPSA) is 122 Å². The molecule has 0 saturated heterocycles. The fourth-order valence-corrected chi connectivity index (χ4v) is 3.70. The van der Waals surface area contributed by atoms with Crippen LogP contribution in [0.3, 0.4) is 0 Å². The Morgan fingerprint density at radius 1 is 1.31 bits per heavy atom. The van der Waals surface area contributed by atoms with Gasteiger partial charge >= 0.3 is 0 Å². The standard InChI is InChI=1S/C18H26N6O4S/c1-4-19-18(23(3)14-16-8-6-12-22(16)2)20-10-11-21-29(27,28)17-9-5-7-15(13-17)24(25)26/h5-9,12-13,21H,4,10-11,14H2,1-3H3,(H,19,20).